The molecule has 0 aromatic carbocycles. The molecule has 2 saturated carbocycles. The number of aliphatic hydroxyl groups is 1. The Morgan fingerprint density at radius 3 is 2.29 bits per heavy atom. The Kier molecular flexibility index (Phi) is 9.27. The van der Waals surface area contributed by atoms with Crippen LogP contribution in [0.5, 0.6) is 0 Å². The van der Waals surface area contributed by atoms with Crippen LogP contribution >= 0.6 is 0 Å². The summed E-state index contributed by atoms with van der Waals surface area (Å²) in [6, 6.07) is 0. The van der Waals surface area contributed by atoms with Crippen LogP contribution in [0, 0.1) is 35.5 Å². The molecule has 28 heavy (non-hydrogen) atoms. The molecule has 2 aliphatic carbocycles. The first-order chi connectivity index (χ1) is 13.2. The summed E-state index contributed by atoms with van der Waals surface area (Å²) < 4.78 is 11.5. The number of carbonyl (C=O) groups excluding carboxylic acids is 1. The number of aliphatic hydroxyl groups excluding tert-OH is 1. The number of ether oxygens (including phenoxy) is 2. The number of hydrogen-bond donors (Lipinski definition) is 1. The van der Waals surface area contributed by atoms with E-state index in [-0.39, 0.29) is 6.10 Å². The minimum absolute atomic E-state index is 0.0431. The molecule has 8 unspecified atom stereocenters. The van der Waals surface area contributed by atoms with Gasteiger partial charge in [0.1, 0.15) is 12.2 Å². The molecule has 0 aromatic heterocycles. The zero-order chi connectivity index (χ0) is 20.8. The zero-order valence-electron chi connectivity index (χ0n) is 19.0. The second kappa shape index (κ2) is 11.0. The van der Waals surface area contributed by atoms with Gasteiger partial charge in [-0.25, -0.2) is 4.79 Å². The maximum atomic E-state index is 12.0. The quantitative estimate of drug-likeness (QED) is 0.572. The van der Waals surface area contributed by atoms with E-state index in [1.54, 1.807) is 0 Å². The van der Waals surface area contributed by atoms with E-state index in [2.05, 4.69) is 27.7 Å². The second-order valence-corrected chi connectivity index (χ2v) is 10.1. The van der Waals surface area contributed by atoms with Crippen LogP contribution in [0.1, 0.15) is 86.0 Å². The van der Waals surface area contributed by atoms with Gasteiger partial charge in [0, 0.05) is 7.11 Å². The molecular weight excluding hydrogens is 352 g/mol. The van der Waals surface area contributed by atoms with Gasteiger partial charge in [-0.3, -0.25) is 0 Å². The van der Waals surface area contributed by atoms with Crippen molar-refractivity contribution in [2.75, 3.05) is 7.11 Å². The highest BCUT2D eigenvalue weighted by Gasteiger charge is 2.37. The van der Waals surface area contributed by atoms with Crippen molar-refractivity contribution in [1.82, 2.24) is 0 Å². The van der Waals surface area contributed by atoms with Gasteiger partial charge in [0.05, 0.1) is 6.10 Å². The van der Waals surface area contributed by atoms with Gasteiger partial charge in [-0.2, -0.15) is 0 Å². The van der Waals surface area contributed by atoms with E-state index < -0.39 is 12.1 Å². The summed E-state index contributed by atoms with van der Waals surface area (Å²) in [5.74, 6) is 3.20. The van der Waals surface area contributed by atoms with Crippen LogP contribution in [0.15, 0.2) is 0 Å². The Morgan fingerprint density at radius 2 is 1.68 bits per heavy atom. The van der Waals surface area contributed by atoms with Gasteiger partial charge >= 0.3 is 5.97 Å². The fraction of sp³-hybridized carbons (Fsp3) is 0.958. The van der Waals surface area contributed by atoms with Crippen LogP contribution < -0.4 is 0 Å². The highest BCUT2D eigenvalue weighted by atomic mass is 16.6. The molecule has 2 fully saturated rings. The molecule has 0 bridgehead atoms. The summed E-state index contributed by atoms with van der Waals surface area (Å²) in [4.78, 5) is 12.0. The lowest BCUT2D eigenvalue weighted by Crippen LogP contribution is -2.38. The van der Waals surface area contributed by atoms with Gasteiger partial charge in [0.15, 0.2) is 0 Å². The average molecular weight is 397 g/mol. The smallest absolute Gasteiger partial charge is 0.334 e. The van der Waals surface area contributed by atoms with Gasteiger partial charge in [-0.15, -0.1) is 0 Å². The topological polar surface area (TPSA) is 55.8 Å². The molecule has 0 spiro atoms. The normalized spacial score (nSPS) is 36.1. The summed E-state index contributed by atoms with van der Waals surface area (Å²) in [7, 11) is 1.87. The molecule has 2 rings (SSSR count). The summed E-state index contributed by atoms with van der Waals surface area (Å²) in [6.07, 6.45) is 8.88. The molecule has 164 valence electrons. The predicted molar refractivity (Wildman–Crippen MR) is 113 cm³/mol. The maximum absolute atomic E-state index is 12.0. The standard InChI is InChI=1S/C24H44O4/c1-15(2)20-12-10-19(14-23(20)28-24(26)18(5)25)9-8-17(4)21-11-7-16(3)13-22(21)27-6/h15-23,25H,7-14H2,1-6H3. The molecule has 4 heteroatoms. The highest BCUT2D eigenvalue weighted by Crippen LogP contribution is 2.41. The highest BCUT2D eigenvalue weighted by molar-refractivity contribution is 5.74. The molecular formula is C24H44O4. The van der Waals surface area contributed by atoms with Crippen molar-refractivity contribution in [1.29, 1.82) is 0 Å². The zero-order valence-corrected chi connectivity index (χ0v) is 19.0. The molecule has 0 saturated heterocycles. The van der Waals surface area contributed by atoms with Crippen LogP contribution in [0.4, 0.5) is 0 Å². The number of rotatable bonds is 8. The van der Waals surface area contributed by atoms with Crippen molar-refractivity contribution in [3.05, 3.63) is 0 Å². The van der Waals surface area contributed by atoms with Crippen LogP contribution in [0.3, 0.4) is 0 Å². The van der Waals surface area contributed by atoms with Crippen LogP contribution in [0.25, 0.3) is 0 Å². The largest absolute Gasteiger partial charge is 0.460 e. The van der Waals surface area contributed by atoms with Crippen molar-refractivity contribution in [3.8, 4) is 0 Å². The minimum Gasteiger partial charge on any atom is -0.460 e. The Bertz CT molecular complexity index is 475. The Balaban J connectivity index is 1.88. The van der Waals surface area contributed by atoms with Crippen LogP contribution in [-0.4, -0.2) is 36.5 Å². The van der Waals surface area contributed by atoms with Gasteiger partial charge in [0.25, 0.3) is 0 Å². The lowest BCUT2D eigenvalue weighted by molar-refractivity contribution is -0.165. The van der Waals surface area contributed by atoms with E-state index in [1.807, 2.05) is 7.11 Å². The first-order valence-corrected chi connectivity index (χ1v) is 11.6. The predicted octanol–water partition coefficient (Wildman–Crippen LogP) is 5.22. The van der Waals surface area contributed by atoms with E-state index in [0.29, 0.717) is 35.7 Å². The van der Waals surface area contributed by atoms with Crippen LogP contribution in [-0.2, 0) is 14.3 Å². The van der Waals surface area contributed by atoms with Crippen molar-refractivity contribution in [2.24, 2.45) is 35.5 Å². The third-order valence-corrected chi connectivity index (χ3v) is 7.59. The van der Waals surface area contributed by atoms with Crippen molar-refractivity contribution >= 4 is 5.97 Å². The number of carbonyl (C=O) groups is 1. The summed E-state index contributed by atoms with van der Waals surface area (Å²) in [5.41, 5.74) is 0. The Labute approximate surface area is 172 Å². The summed E-state index contributed by atoms with van der Waals surface area (Å²) in [6.45, 7) is 10.7. The molecule has 2 aliphatic rings. The minimum atomic E-state index is -1.03. The van der Waals surface area contributed by atoms with E-state index in [0.717, 1.165) is 18.8 Å². The first kappa shape index (κ1) is 23.7. The van der Waals surface area contributed by atoms with Gasteiger partial charge < -0.3 is 14.6 Å². The molecule has 0 aromatic rings. The molecule has 0 radical (unpaired) electrons. The fourth-order valence-electron chi connectivity index (χ4n) is 5.63. The van der Waals surface area contributed by atoms with Crippen LogP contribution in [0.2, 0.25) is 0 Å². The molecule has 0 aliphatic heterocycles. The lowest BCUT2D eigenvalue weighted by atomic mass is 9.70. The molecule has 1 N–H and O–H groups in total. The third-order valence-electron chi connectivity index (χ3n) is 7.59. The summed E-state index contributed by atoms with van der Waals surface area (Å²) in [5, 5.41) is 9.54. The molecule has 8 atom stereocenters. The van der Waals surface area contributed by atoms with Gasteiger partial charge in [-0.1, -0.05) is 47.0 Å². The van der Waals surface area contributed by atoms with Crippen molar-refractivity contribution < 1.29 is 19.4 Å². The number of methoxy groups -OCH3 is 1. The van der Waals surface area contributed by atoms with E-state index >= 15 is 0 Å². The molecule has 0 heterocycles. The van der Waals surface area contributed by atoms with Crippen molar-refractivity contribution in [2.45, 2.75) is 104 Å². The second-order valence-electron chi connectivity index (χ2n) is 10.1. The SMILES string of the molecule is COC1CC(C)CCC1C(C)CCC1CCC(C(C)C)C(OC(=O)C(C)O)C1. The lowest BCUT2D eigenvalue weighted by Gasteiger charge is -2.40. The summed E-state index contributed by atoms with van der Waals surface area (Å²) >= 11 is 0. The number of hydrogen-bond acceptors (Lipinski definition) is 4. The van der Waals surface area contributed by atoms with Crippen molar-refractivity contribution in [3.63, 3.8) is 0 Å². The van der Waals surface area contributed by atoms with Gasteiger partial charge in [-0.05, 0) is 74.5 Å². The monoisotopic (exact) mass is 396 g/mol. The van der Waals surface area contributed by atoms with E-state index in [9.17, 15) is 9.90 Å². The van der Waals surface area contributed by atoms with E-state index in [4.69, 9.17) is 9.47 Å². The third kappa shape index (κ3) is 6.45. The van der Waals surface area contributed by atoms with Gasteiger partial charge in [0.2, 0.25) is 0 Å². The Morgan fingerprint density at radius 1 is 1.00 bits per heavy atom. The maximum Gasteiger partial charge on any atom is 0.334 e. The van der Waals surface area contributed by atoms with E-state index in [1.165, 1.54) is 45.4 Å². The fourth-order valence-corrected chi connectivity index (χ4v) is 5.63. The number of esters is 1. The average Bonchev–Trinajstić information content (AvgIpc) is 2.65. The Hall–Kier alpha value is -0.610. The molecule has 0 amide bonds. The first-order valence-electron chi connectivity index (χ1n) is 11.6. The molecule has 4 nitrogen and oxygen atoms in total.